The second kappa shape index (κ2) is 9.09. The van der Waals surface area contributed by atoms with E-state index >= 15 is 0 Å². The maximum absolute atomic E-state index is 13.5. The number of furan rings is 1. The van der Waals surface area contributed by atoms with Crippen molar-refractivity contribution in [2.24, 2.45) is 0 Å². The van der Waals surface area contributed by atoms with Crippen molar-refractivity contribution in [3.05, 3.63) is 81.8 Å². The summed E-state index contributed by atoms with van der Waals surface area (Å²) < 4.78 is 48.9. The highest BCUT2D eigenvalue weighted by molar-refractivity contribution is 9.10. The van der Waals surface area contributed by atoms with Crippen LogP contribution in [0.15, 0.2) is 63.6 Å². The second-order valence-corrected chi connectivity index (χ2v) is 11.1. The van der Waals surface area contributed by atoms with Gasteiger partial charge in [-0.2, -0.15) is 0 Å². The first-order chi connectivity index (χ1) is 16.7. The molecule has 5 rings (SSSR count). The van der Waals surface area contributed by atoms with Crippen LogP contribution in [0.3, 0.4) is 0 Å². The average Bonchev–Trinajstić information content (AvgIpc) is 3.60. The molecule has 7 nitrogen and oxygen atoms in total. The Morgan fingerprint density at radius 3 is 2.54 bits per heavy atom. The topological polar surface area (TPSA) is 101 Å². The lowest BCUT2D eigenvalue weighted by Crippen LogP contribution is -2.18. The van der Waals surface area contributed by atoms with E-state index in [2.05, 4.69) is 31.0 Å². The molecule has 180 valence electrons. The maximum atomic E-state index is 13.5. The van der Waals surface area contributed by atoms with Crippen molar-refractivity contribution in [2.75, 3.05) is 11.8 Å². The molecule has 1 fully saturated rings. The van der Waals surface area contributed by atoms with Gasteiger partial charge in [-0.15, -0.1) is 0 Å². The lowest BCUT2D eigenvalue weighted by atomic mass is 10.0. The van der Waals surface area contributed by atoms with Crippen LogP contribution in [0.1, 0.15) is 40.4 Å². The van der Waals surface area contributed by atoms with Crippen molar-refractivity contribution in [1.82, 2.24) is 10.3 Å². The average molecular weight is 558 g/mol. The van der Waals surface area contributed by atoms with Crippen LogP contribution in [0.5, 0.6) is 0 Å². The predicted octanol–water partition coefficient (Wildman–Crippen LogP) is 5.58. The Balaban J connectivity index is 1.59. The van der Waals surface area contributed by atoms with Crippen LogP contribution in [-0.4, -0.2) is 26.4 Å². The summed E-state index contributed by atoms with van der Waals surface area (Å²) in [5, 5.41) is 3.21. The zero-order chi connectivity index (χ0) is 24.7. The fourth-order valence-corrected chi connectivity index (χ4v) is 5.40. The Hall–Kier alpha value is -3.24. The van der Waals surface area contributed by atoms with Crippen molar-refractivity contribution >= 4 is 48.5 Å². The third-order valence-corrected chi connectivity index (χ3v) is 7.51. The molecule has 1 aliphatic rings. The van der Waals surface area contributed by atoms with E-state index < -0.39 is 15.8 Å². The van der Waals surface area contributed by atoms with Gasteiger partial charge in [0.25, 0.3) is 5.91 Å². The summed E-state index contributed by atoms with van der Waals surface area (Å²) in [6.07, 6.45) is 3.39. The molecule has 0 radical (unpaired) electrons. The standard InChI is InChI=1S/C25H21BrFN3O4S/c1-28-25(31)23-20-10-19(14-2-3-14)21(30-35(32,33)13-18-9-6-16(26)12-29-18)11-22(20)34-24(23)15-4-7-17(27)8-5-15/h4-12,14,30H,2-3,13H2,1H3,(H,28,31). The van der Waals surface area contributed by atoms with E-state index in [1.54, 1.807) is 24.4 Å². The molecule has 4 aromatic rings. The lowest BCUT2D eigenvalue weighted by Gasteiger charge is -2.13. The number of halogens is 2. The Bertz CT molecular complexity index is 1530. The number of hydrogen-bond acceptors (Lipinski definition) is 5. The number of fused-ring (bicyclic) bond motifs is 1. The largest absolute Gasteiger partial charge is 0.455 e. The van der Waals surface area contributed by atoms with Gasteiger partial charge >= 0.3 is 0 Å². The van der Waals surface area contributed by atoms with Crippen molar-refractivity contribution in [3.63, 3.8) is 0 Å². The van der Waals surface area contributed by atoms with Crippen LogP contribution >= 0.6 is 15.9 Å². The summed E-state index contributed by atoms with van der Waals surface area (Å²) in [6.45, 7) is 0. The number of amides is 1. The fraction of sp³-hybridized carbons (Fsp3) is 0.200. The molecule has 2 aromatic heterocycles. The minimum atomic E-state index is -3.77. The van der Waals surface area contributed by atoms with Gasteiger partial charge in [0.2, 0.25) is 10.0 Å². The minimum absolute atomic E-state index is 0.185. The monoisotopic (exact) mass is 557 g/mol. The Morgan fingerprint density at radius 2 is 1.91 bits per heavy atom. The number of nitrogens with zero attached hydrogens (tertiary/aromatic N) is 1. The van der Waals surface area contributed by atoms with Gasteiger partial charge in [0.05, 0.1) is 16.9 Å². The zero-order valence-corrected chi connectivity index (χ0v) is 21.0. The number of benzene rings is 2. The second-order valence-electron chi connectivity index (χ2n) is 8.43. The Labute approximate surface area is 209 Å². The Kier molecular flexibility index (Phi) is 6.10. The molecule has 0 spiro atoms. The molecule has 0 atom stereocenters. The number of anilines is 1. The molecule has 35 heavy (non-hydrogen) atoms. The summed E-state index contributed by atoms with van der Waals surface area (Å²) in [5.74, 6) is -0.561. The SMILES string of the molecule is CNC(=O)c1c(-c2ccc(F)cc2)oc2cc(NS(=O)(=O)Cc3ccc(Br)cn3)c(C3CC3)cc12. The molecule has 0 bridgehead atoms. The van der Waals surface area contributed by atoms with E-state index in [1.807, 2.05) is 6.07 Å². The normalized spacial score (nSPS) is 13.7. The van der Waals surface area contributed by atoms with Crippen LogP contribution in [0.4, 0.5) is 10.1 Å². The van der Waals surface area contributed by atoms with Crippen LogP contribution in [0.2, 0.25) is 0 Å². The number of rotatable bonds is 7. The van der Waals surface area contributed by atoms with Gasteiger partial charge in [0.15, 0.2) is 0 Å². The lowest BCUT2D eigenvalue weighted by molar-refractivity contribution is 0.0964. The molecular formula is C25H21BrFN3O4S. The van der Waals surface area contributed by atoms with Crippen LogP contribution in [0.25, 0.3) is 22.3 Å². The number of sulfonamides is 1. The molecular weight excluding hydrogens is 537 g/mol. The van der Waals surface area contributed by atoms with E-state index in [9.17, 15) is 17.6 Å². The molecule has 2 heterocycles. The zero-order valence-electron chi connectivity index (χ0n) is 18.6. The summed E-state index contributed by atoms with van der Waals surface area (Å²) in [6, 6.07) is 12.5. The van der Waals surface area contributed by atoms with Crippen molar-refractivity contribution in [2.45, 2.75) is 24.5 Å². The number of carbonyl (C=O) groups is 1. The molecule has 2 N–H and O–H groups in total. The number of hydrogen-bond donors (Lipinski definition) is 2. The maximum Gasteiger partial charge on any atom is 0.255 e. The molecule has 1 aliphatic carbocycles. The first kappa shape index (κ1) is 23.5. The van der Waals surface area contributed by atoms with Crippen LogP contribution in [0, 0.1) is 5.82 Å². The minimum Gasteiger partial charge on any atom is -0.455 e. The summed E-state index contributed by atoms with van der Waals surface area (Å²) in [5.41, 5.74) is 2.85. The highest BCUT2D eigenvalue weighted by Gasteiger charge is 2.31. The van der Waals surface area contributed by atoms with Crippen molar-refractivity contribution in [1.29, 1.82) is 0 Å². The van der Waals surface area contributed by atoms with Crippen molar-refractivity contribution in [3.8, 4) is 11.3 Å². The first-order valence-corrected chi connectivity index (χ1v) is 13.4. The smallest absolute Gasteiger partial charge is 0.255 e. The van der Waals surface area contributed by atoms with Gasteiger partial charge in [-0.1, -0.05) is 0 Å². The molecule has 1 saturated carbocycles. The predicted molar refractivity (Wildman–Crippen MR) is 135 cm³/mol. The van der Waals surface area contributed by atoms with Gasteiger partial charge in [-0.25, -0.2) is 12.8 Å². The number of pyridine rings is 1. The molecule has 2 aromatic carbocycles. The number of carbonyl (C=O) groups excluding carboxylic acids is 1. The van der Waals surface area contributed by atoms with Gasteiger partial charge < -0.3 is 9.73 Å². The van der Waals surface area contributed by atoms with Crippen LogP contribution in [-0.2, 0) is 15.8 Å². The van der Waals surface area contributed by atoms with E-state index in [0.29, 0.717) is 39.2 Å². The summed E-state index contributed by atoms with van der Waals surface area (Å²) in [7, 11) is -2.25. The highest BCUT2D eigenvalue weighted by Crippen LogP contribution is 2.47. The fourth-order valence-electron chi connectivity index (χ4n) is 4.03. The van der Waals surface area contributed by atoms with Crippen molar-refractivity contribution < 1.29 is 22.0 Å². The molecule has 0 aliphatic heterocycles. The van der Waals surface area contributed by atoms with E-state index in [4.69, 9.17) is 4.42 Å². The highest BCUT2D eigenvalue weighted by atomic mass is 79.9. The third kappa shape index (κ3) is 4.94. The van der Waals surface area contributed by atoms with Crippen LogP contribution < -0.4 is 10.0 Å². The third-order valence-electron chi connectivity index (χ3n) is 5.83. The molecule has 1 amide bonds. The molecule has 10 heteroatoms. The summed E-state index contributed by atoms with van der Waals surface area (Å²) >= 11 is 3.29. The van der Waals surface area contributed by atoms with E-state index in [-0.39, 0.29) is 17.6 Å². The quantitative estimate of drug-likeness (QED) is 0.309. The van der Waals surface area contributed by atoms with Gasteiger partial charge in [-0.3, -0.25) is 14.5 Å². The van der Waals surface area contributed by atoms with Gasteiger partial charge in [0.1, 0.15) is 22.9 Å². The van der Waals surface area contributed by atoms with Gasteiger partial charge in [-0.05, 0) is 82.7 Å². The molecule has 0 saturated heterocycles. The van der Waals surface area contributed by atoms with E-state index in [0.717, 1.165) is 22.9 Å². The first-order valence-electron chi connectivity index (χ1n) is 10.9. The van der Waals surface area contributed by atoms with Gasteiger partial charge in [0, 0.05) is 34.7 Å². The Morgan fingerprint density at radius 1 is 1.17 bits per heavy atom. The van der Waals surface area contributed by atoms with E-state index in [1.165, 1.54) is 31.3 Å². The summed E-state index contributed by atoms with van der Waals surface area (Å²) in [4.78, 5) is 17.0. The number of nitrogens with one attached hydrogen (secondary N) is 2. The molecule has 0 unspecified atom stereocenters. The number of aromatic nitrogens is 1.